The first-order chi connectivity index (χ1) is 19.2. The van der Waals surface area contributed by atoms with Gasteiger partial charge in [-0.25, -0.2) is 4.98 Å². The first-order valence-electron chi connectivity index (χ1n) is 12.7. The largest absolute Gasteiger partial charge is 0.433 e. The van der Waals surface area contributed by atoms with Gasteiger partial charge in [0.25, 0.3) is 0 Å². The molecule has 0 unspecified atom stereocenters. The molecule has 0 saturated carbocycles. The number of ether oxygens (including phenoxy) is 2. The summed E-state index contributed by atoms with van der Waals surface area (Å²) in [4.78, 5) is 24.7. The van der Waals surface area contributed by atoms with Crippen molar-refractivity contribution in [3.8, 4) is 5.75 Å². The van der Waals surface area contributed by atoms with E-state index in [0.717, 1.165) is 11.8 Å². The number of carbonyl (C=O) groups excluding carboxylic acids is 1. The molecule has 2 aromatic carbocycles. The van der Waals surface area contributed by atoms with Gasteiger partial charge in [0.15, 0.2) is 5.75 Å². The highest BCUT2D eigenvalue weighted by molar-refractivity contribution is 6.02. The third kappa shape index (κ3) is 7.64. The van der Waals surface area contributed by atoms with E-state index in [4.69, 9.17) is 9.47 Å². The fraction of sp³-hybridized carbons (Fsp3) is 0.321. The summed E-state index contributed by atoms with van der Waals surface area (Å²) in [7, 11) is 5.65. The van der Waals surface area contributed by atoms with Crippen LogP contribution < -0.4 is 25.6 Å². The van der Waals surface area contributed by atoms with Crippen molar-refractivity contribution in [1.29, 1.82) is 0 Å². The maximum absolute atomic E-state index is 13.4. The Morgan fingerprint density at radius 3 is 2.62 bits per heavy atom. The van der Waals surface area contributed by atoms with Crippen LogP contribution in [0.1, 0.15) is 11.5 Å². The summed E-state index contributed by atoms with van der Waals surface area (Å²) in [5.74, 6) is 0.432. The Morgan fingerprint density at radius 2 is 1.95 bits per heavy atom. The first-order valence-corrected chi connectivity index (χ1v) is 12.7. The summed E-state index contributed by atoms with van der Waals surface area (Å²) < 4.78 is 37.0. The smallest absolute Gasteiger partial charge is 0.387 e. The Morgan fingerprint density at radius 1 is 1.15 bits per heavy atom. The van der Waals surface area contributed by atoms with Crippen LogP contribution in [0, 0.1) is 0 Å². The van der Waals surface area contributed by atoms with Crippen LogP contribution in [0.2, 0.25) is 0 Å². The molecule has 1 amide bonds. The van der Waals surface area contributed by atoms with Crippen molar-refractivity contribution < 1.29 is 23.0 Å². The van der Waals surface area contributed by atoms with Crippen molar-refractivity contribution in [3.63, 3.8) is 0 Å². The Hall–Kier alpha value is -4.29. The molecule has 1 aromatic heterocycles. The van der Waals surface area contributed by atoms with Gasteiger partial charge in [0.1, 0.15) is 5.82 Å². The quantitative estimate of drug-likeness (QED) is 0.258. The van der Waals surface area contributed by atoms with E-state index in [1.807, 2.05) is 42.1 Å². The second kappa shape index (κ2) is 13.2. The first kappa shape index (κ1) is 28.7. The van der Waals surface area contributed by atoms with Crippen LogP contribution in [-0.4, -0.2) is 74.8 Å². The lowest BCUT2D eigenvalue weighted by Crippen LogP contribution is -2.29. The van der Waals surface area contributed by atoms with E-state index in [9.17, 15) is 13.6 Å². The lowest BCUT2D eigenvalue weighted by molar-refractivity contribution is -0.111. The predicted octanol–water partition coefficient (Wildman–Crippen LogP) is 4.80. The van der Waals surface area contributed by atoms with E-state index in [1.165, 1.54) is 17.7 Å². The third-order valence-corrected chi connectivity index (χ3v) is 6.22. The van der Waals surface area contributed by atoms with Crippen LogP contribution in [0.25, 0.3) is 0 Å². The fourth-order valence-corrected chi connectivity index (χ4v) is 3.99. The van der Waals surface area contributed by atoms with Gasteiger partial charge in [-0.3, -0.25) is 4.79 Å². The second-order valence-electron chi connectivity index (χ2n) is 9.54. The van der Waals surface area contributed by atoms with Gasteiger partial charge in [0.2, 0.25) is 11.9 Å². The SMILES string of the molecule is C=CC(=O)Nc1cc(Nc2nccc(Nc3cccc(C4COC4)c3)n2)c(OC(F)F)cc1N(C)CCN(C)C. The average Bonchev–Trinajstić information content (AvgIpc) is 2.87. The maximum atomic E-state index is 13.4. The number of anilines is 6. The summed E-state index contributed by atoms with van der Waals surface area (Å²) in [5.41, 5.74) is 3.03. The highest BCUT2D eigenvalue weighted by Gasteiger charge is 2.21. The highest BCUT2D eigenvalue weighted by Crippen LogP contribution is 2.39. The number of alkyl halides is 2. The monoisotopic (exact) mass is 553 g/mol. The molecule has 1 aliphatic heterocycles. The molecule has 10 nitrogen and oxygen atoms in total. The second-order valence-corrected chi connectivity index (χ2v) is 9.54. The molecule has 0 spiro atoms. The number of rotatable bonds is 13. The zero-order valence-electron chi connectivity index (χ0n) is 22.7. The lowest BCUT2D eigenvalue weighted by Gasteiger charge is -2.26. The van der Waals surface area contributed by atoms with Crippen molar-refractivity contribution in [2.75, 3.05) is 68.3 Å². The van der Waals surface area contributed by atoms with Crippen molar-refractivity contribution in [3.05, 3.63) is 66.9 Å². The summed E-state index contributed by atoms with van der Waals surface area (Å²) in [6.45, 7) is 3.09. The summed E-state index contributed by atoms with van der Waals surface area (Å²) in [6.07, 6.45) is 2.67. The number of likely N-dealkylation sites (N-methyl/N-ethyl adjacent to an activating group) is 2. The number of aromatic nitrogens is 2. The van der Waals surface area contributed by atoms with Gasteiger partial charge in [-0.2, -0.15) is 13.8 Å². The van der Waals surface area contributed by atoms with Gasteiger partial charge < -0.3 is 35.2 Å². The Balaban J connectivity index is 1.62. The van der Waals surface area contributed by atoms with Crippen molar-refractivity contribution in [2.24, 2.45) is 0 Å². The van der Waals surface area contributed by atoms with E-state index >= 15 is 0 Å². The average molecular weight is 554 g/mol. The summed E-state index contributed by atoms with van der Waals surface area (Å²) >= 11 is 0. The molecule has 1 saturated heterocycles. The van der Waals surface area contributed by atoms with Crippen LogP contribution in [0.5, 0.6) is 5.75 Å². The van der Waals surface area contributed by atoms with Crippen molar-refractivity contribution in [1.82, 2.24) is 14.9 Å². The molecule has 0 atom stereocenters. The van der Waals surface area contributed by atoms with Crippen LogP contribution in [0.15, 0.2) is 61.3 Å². The Labute approximate surface area is 232 Å². The minimum Gasteiger partial charge on any atom is -0.433 e. The molecule has 4 rings (SSSR count). The molecule has 12 heteroatoms. The highest BCUT2D eigenvalue weighted by atomic mass is 19.3. The number of nitrogens with zero attached hydrogens (tertiary/aromatic N) is 4. The van der Waals surface area contributed by atoms with Gasteiger partial charge in [-0.15, -0.1) is 0 Å². The van der Waals surface area contributed by atoms with Crippen LogP contribution in [-0.2, 0) is 9.53 Å². The molecule has 3 aromatic rings. The lowest BCUT2D eigenvalue weighted by atomic mass is 9.97. The minimum absolute atomic E-state index is 0.129. The number of amides is 1. The standard InChI is InChI=1S/C28H33F2N7O3/c1-5-26(38)33-21-14-22(24(40-27(29)30)15-23(21)37(4)12-11-36(2)3)34-28-31-10-9-25(35-28)32-20-8-6-7-18(13-20)19-16-39-17-19/h5-10,13-15,19,27H,1,11-12,16-17H2,2-4H3,(H,33,38)(H2,31,32,34,35). The van der Waals surface area contributed by atoms with E-state index in [1.54, 1.807) is 19.3 Å². The van der Waals surface area contributed by atoms with Crippen LogP contribution in [0.3, 0.4) is 0 Å². The van der Waals surface area contributed by atoms with Gasteiger partial charge in [0, 0.05) is 44.0 Å². The number of hydrogen-bond acceptors (Lipinski definition) is 9. The molecule has 0 aliphatic carbocycles. The van der Waals surface area contributed by atoms with E-state index in [2.05, 4.69) is 38.6 Å². The van der Waals surface area contributed by atoms with Gasteiger partial charge in [-0.1, -0.05) is 18.7 Å². The maximum Gasteiger partial charge on any atom is 0.387 e. The third-order valence-electron chi connectivity index (χ3n) is 6.22. The van der Waals surface area contributed by atoms with Crippen molar-refractivity contribution in [2.45, 2.75) is 12.5 Å². The number of halogens is 2. The fourth-order valence-electron chi connectivity index (χ4n) is 3.99. The van der Waals surface area contributed by atoms with E-state index < -0.39 is 12.5 Å². The molecule has 212 valence electrons. The molecule has 1 fully saturated rings. The Bertz CT molecular complexity index is 1340. The molecule has 40 heavy (non-hydrogen) atoms. The van der Waals surface area contributed by atoms with Crippen LogP contribution >= 0.6 is 0 Å². The number of carbonyl (C=O) groups is 1. The summed E-state index contributed by atoms with van der Waals surface area (Å²) in [5, 5.41) is 8.96. The number of hydrogen-bond donors (Lipinski definition) is 3. The van der Waals surface area contributed by atoms with E-state index in [-0.39, 0.29) is 17.4 Å². The normalized spacial score (nSPS) is 13.1. The zero-order valence-corrected chi connectivity index (χ0v) is 22.7. The van der Waals surface area contributed by atoms with Gasteiger partial charge in [0.05, 0.1) is 30.3 Å². The number of benzene rings is 2. The molecule has 0 bridgehead atoms. The predicted molar refractivity (Wildman–Crippen MR) is 152 cm³/mol. The zero-order chi connectivity index (χ0) is 28.6. The summed E-state index contributed by atoms with van der Waals surface area (Å²) in [6, 6.07) is 12.6. The molecule has 1 aliphatic rings. The van der Waals surface area contributed by atoms with Gasteiger partial charge in [-0.05, 0) is 50.0 Å². The Kier molecular flexibility index (Phi) is 9.46. The van der Waals surface area contributed by atoms with Gasteiger partial charge >= 0.3 is 6.61 Å². The number of nitrogens with one attached hydrogen (secondary N) is 3. The molecule has 0 radical (unpaired) electrons. The molecule has 3 N–H and O–H groups in total. The molecular weight excluding hydrogens is 520 g/mol. The molecular formula is C28H33F2N7O3. The minimum atomic E-state index is -3.07. The van der Waals surface area contributed by atoms with Crippen molar-refractivity contribution >= 4 is 40.4 Å². The van der Waals surface area contributed by atoms with Crippen LogP contribution in [0.4, 0.5) is 43.3 Å². The van der Waals surface area contributed by atoms with E-state index in [0.29, 0.717) is 49.4 Å². The molecule has 2 heterocycles. The topological polar surface area (TPSA) is 104 Å².